The Bertz CT molecular complexity index is 7420. The Hall–Kier alpha value is -14.5. The average molecular weight is 1520 g/mol. The number of fused-ring (bicyclic) bond motifs is 17. The molecule has 0 bridgehead atoms. The van der Waals surface area contributed by atoms with Gasteiger partial charge in [0.1, 0.15) is 5.58 Å². The molecule has 9 heteroatoms. The average Bonchev–Trinajstić information content (AvgIpc) is 1.27. The highest BCUT2D eigenvalue weighted by Crippen LogP contribution is 2.56. The van der Waals surface area contributed by atoms with Gasteiger partial charge in [-0.1, -0.05) is 321 Å². The minimum Gasteiger partial charge on any atom is -0.454 e. The van der Waals surface area contributed by atoms with Crippen LogP contribution in [0.4, 0.5) is 62.6 Å². The molecule has 0 fully saturated rings. The van der Waals surface area contributed by atoms with Gasteiger partial charge in [-0.05, 0) is 168 Å². The fourth-order valence-electron chi connectivity index (χ4n) is 20.5. The van der Waals surface area contributed by atoms with Gasteiger partial charge in [-0.25, -0.2) is 0 Å². The first-order valence-electron chi connectivity index (χ1n) is 41.7. The van der Waals surface area contributed by atoms with Gasteiger partial charge in [0, 0.05) is 111 Å². The number of nitrogens with one attached hydrogen (secondary N) is 1. The monoisotopic (exact) mass is 1520 g/mol. The summed E-state index contributed by atoms with van der Waals surface area (Å²) < 4.78 is 12.4. The first-order valence-corrected chi connectivity index (χ1v) is 41.7. The topological polar surface area (TPSA) is 44.8 Å². The molecule has 0 unspecified atom stereocenters. The molecule has 119 heavy (non-hydrogen) atoms. The van der Waals surface area contributed by atoms with Crippen LogP contribution in [0.2, 0.25) is 0 Å². The summed E-state index contributed by atoms with van der Waals surface area (Å²) in [5.41, 5.74) is 38.5. The van der Waals surface area contributed by atoms with E-state index in [-0.39, 0.29) is 24.3 Å². The van der Waals surface area contributed by atoms with Gasteiger partial charge in [0.15, 0.2) is 5.58 Å². The Morgan fingerprint density at radius 3 is 1.13 bits per heavy atom. The molecule has 0 radical (unpaired) electrons. The molecule has 0 saturated carbocycles. The van der Waals surface area contributed by atoms with Gasteiger partial charge in [-0.2, -0.15) is 0 Å². The van der Waals surface area contributed by atoms with Crippen LogP contribution in [-0.2, 0) is 10.8 Å². The van der Waals surface area contributed by atoms with E-state index in [4.69, 9.17) is 4.42 Å². The lowest BCUT2D eigenvalue weighted by Gasteiger charge is -2.47. The van der Waals surface area contributed by atoms with Crippen molar-refractivity contribution in [2.75, 3.05) is 20.0 Å². The van der Waals surface area contributed by atoms with Crippen LogP contribution in [0.15, 0.2) is 374 Å². The smallest absolute Gasteiger partial charge is 0.252 e. The first-order chi connectivity index (χ1) is 58.3. The van der Waals surface area contributed by atoms with Crippen molar-refractivity contribution in [1.82, 2.24) is 9.13 Å². The quantitative estimate of drug-likeness (QED) is 0.146. The lowest BCUT2D eigenvalue weighted by atomic mass is 9.30. The summed E-state index contributed by atoms with van der Waals surface area (Å²) in [6.07, 6.45) is 0. The molecule has 20 aromatic rings. The number of hydrogen-bond donors (Lipinski definition) is 1. The molecule has 0 aliphatic carbocycles. The molecule has 0 atom stereocenters. The molecule has 562 valence electrons. The van der Waals surface area contributed by atoms with Crippen molar-refractivity contribution in [2.45, 2.75) is 52.4 Å². The Labute approximate surface area is 692 Å². The minimum absolute atomic E-state index is 0.280. The number of aromatic nitrogens is 2. The molecule has 0 saturated heterocycles. The molecule has 7 heterocycles. The number of nitrogens with zero attached hydrogens (tertiary/aromatic N) is 5. The van der Waals surface area contributed by atoms with Gasteiger partial charge >= 0.3 is 0 Å². The van der Waals surface area contributed by atoms with E-state index in [0.29, 0.717) is 0 Å². The first kappa shape index (κ1) is 68.8. The number of para-hydroxylation sites is 8. The summed E-state index contributed by atoms with van der Waals surface area (Å²) in [6.45, 7) is 13.6. The molecule has 3 aromatic heterocycles. The van der Waals surface area contributed by atoms with E-state index in [9.17, 15) is 0 Å². The number of benzene rings is 17. The molecule has 24 rings (SSSR count). The van der Waals surface area contributed by atoms with E-state index in [0.717, 1.165) is 151 Å². The summed E-state index contributed by atoms with van der Waals surface area (Å²) in [7, 11) is 0. The van der Waals surface area contributed by atoms with Crippen LogP contribution < -0.4 is 52.8 Å². The predicted octanol–water partition coefficient (Wildman–Crippen LogP) is 25.5. The molecule has 0 spiro atoms. The Morgan fingerprint density at radius 2 is 0.639 bits per heavy atom. The Morgan fingerprint density at radius 1 is 0.261 bits per heavy atom. The third kappa shape index (κ3) is 10.4. The number of anilines is 11. The summed E-state index contributed by atoms with van der Waals surface area (Å²) >= 11 is 0. The number of hydrogen-bond acceptors (Lipinski definition) is 5. The van der Waals surface area contributed by atoms with Gasteiger partial charge in [-0.15, -0.1) is 0 Å². The third-order valence-corrected chi connectivity index (χ3v) is 25.9. The van der Waals surface area contributed by atoms with Crippen LogP contribution in [0.5, 0.6) is 0 Å². The lowest BCUT2D eigenvalue weighted by Crippen LogP contribution is -2.65. The van der Waals surface area contributed by atoms with Crippen molar-refractivity contribution in [2.24, 2.45) is 0 Å². The van der Waals surface area contributed by atoms with E-state index in [1.165, 1.54) is 76.5 Å². The fraction of sp³-hybridized carbons (Fsp3) is 0.0727. The molecule has 17 aromatic carbocycles. The molecule has 0 amide bonds. The van der Waals surface area contributed by atoms with Gasteiger partial charge < -0.3 is 33.6 Å². The molecular formula is C110H80B2N6O. The molecule has 1 N–H and O–H groups in total. The zero-order valence-electron chi connectivity index (χ0n) is 67.0. The standard InChI is InChI=1S/C110H80B2N6O/c1-109(2,3)72-60-91-104-100(61-72)118(107-78(70-36-15-9-16-37-70)47-30-48-79(107)71-38-17-10-18-39-71)99-67-98-88(66-89(99)111(104)86-58-56-74(64-90(86)113-91)114-92-50-24-19-40-80(92)81-41-20-25-51-93(81)114)112-87-59-57-75(115-94-52-26-21-42-82(94)83-43-22-27-53-95(83)115)65-97(87)117(106-76(68-32-11-7-12-33-68)45-29-46-77(106)69-34-13-8-14-35-69)102-63-73(110(4,5)6)62-101(105(102)112)116(98)96-54-31-49-85-84-44-23-28-55-103(84)119-108(85)96/h7-67,113H,1-6H3. The highest BCUT2D eigenvalue weighted by molar-refractivity contribution is 7.03. The lowest BCUT2D eigenvalue weighted by molar-refractivity contribution is 0.590. The van der Waals surface area contributed by atoms with Gasteiger partial charge in [0.25, 0.3) is 13.4 Å². The summed E-state index contributed by atoms with van der Waals surface area (Å²) in [5.74, 6) is 0. The Kier molecular flexibility index (Phi) is 15.0. The number of furan rings is 1. The van der Waals surface area contributed by atoms with E-state index < -0.39 is 0 Å². The van der Waals surface area contributed by atoms with Crippen LogP contribution in [0.25, 0.3) is 121 Å². The second-order valence-corrected chi connectivity index (χ2v) is 34.7. The number of rotatable bonds is 9. The van der Waals surface area contributed by atoms with Crippen molar-refractivity contribution >= 4 is 174 Å². The van der Waals surface area contributed by atoms with Crippen LogP contribution in [0.1, 0.15) is 52.7 Å². The van der Waals surface area contributed by atoms with Crippen molar-refractivity contribution < 1.29 is 4.42 Å². The second-order valence-electron chi connectivity index (χ2n) is 34.7. The maximum atomic E-state index is 7.48. The van der Waals surface area contributed by atoms with E-state index in [1.807, 2.05) is 0 Å². The van der Waals surface area contributed by atoms with Crippen molar-refractivity contribution in [1.29, 1.82) is 0 Å². The summed E-state index contributed by atoms with van der Waals surface area (Å²) in [6, 6.07) is 140. The fourth-order valence-corrected chi connectivity index (χ4v) is 20.5. The van der Waals surface area contributed by atoms with Gasteiger partial charge in [0.05, 0.1) is 39.1 Å². The van der Waals surface area contributed by atoms with Crippen LogP contribution in [0, 0.1) is 0 Å². The van der Waals surface area contributed by atoms with Gasteiger partial charge in [0.2, 0.25) is 0 Å². The summed E-state index contributed by atoms with van der Waals surface area (Å²) in [5, 5.41) is 11.3. The zero-order valence-corrected chi connectivity index (χ0v) is 67.0. The predicted molar refractivity (Wildman–Crippen MR) is 505 cm³/mol. The van der Waals surface area contributed by atoms with Gasteiger partial charge in [-0.3, -0.25) is 0 Å². The Balaban J connectivity index is 0.871. The SMILES string of the molecule is CC(C)(C)c1cc2c3c(c1)N(c1c(-c4ccccc4)cccc1-c1ccccc1)c1cc4c(cc1B3c1ccc(-n3c5ccccc5c5ccccc53)cc1N2)B1c2ccc(-n3c5ccccc5c5ccccc53)cc2N(c2c(-c3ccccc3)cccc2-c2ccccc2)c2cc(C(C)(C)C)cc(c21)N4c1cccc2c1oc1ccccc12. The van der Waals surface area contributed by atoms with Crippen molar-refractivity contribution in [3.8, 4) is 55.9 Å². The normalized spacial score (nSPS) is 13.3. The zero-order chi connectivity index (χ0) is 79.3. The highest BCUT2D eigenvalue weighted by Gasteiger charge is 2.50. The summed E-state index contributed by atoms with van der Waals surface area (Å²) in [4.78, 5) is 8.05. The maximum absolute atomic E-state index is 7.48. The molecule has 7 nitrogen and oxygen atoms in total. The van der Waals surface area contributed by atoms with Crippen molar-refractivity contribution in [3.05, 3.63) is 381 Å². The van der Waals surface area contributed by atoms with E-state index >= 15 is 0 Å². The van der Waals surface area contributed by atoms with Crippen LogP contribution in [0.3, 0.4) is 0 Å². The maximum Gasteiger partial charge on any atom is 0.252 e. The van der Waals surface area contributed by atoms with E-state index in [1.54, 1.807) is 0 Å². The van der Waals surface area contributed by atoms with Crippen LogP contribution >= 0.6 is 0 Å². The highest BCUT2D eigenvalue weighted by atomic mass is 16.3. The minimum atomic E-state index is -0.367. The van der Waals surface area contributed by atoms with E-state index in [2.05, 4.69) is 441 Å². The third-order valence-electron chi connectivity index (χ3n) is 25.9. The van der Waals surface area contributed by atoms with Crippen LogP contribution in [-0.4, -0.2) is 22.6 Å². The second kappa shape index (κ2) is 26.0. The largest absolute Gasteiger partial charge is 0.454 e. The molecular weight excluding hydrogens is 1440 g/mol. The molecule has 4 aliphatic rings. The van der Waals surface area contributed by atoms with Crippen molar-refractivity contribution in [3.63, 3.8) is 0 Å². The molecule has 4 aliphatic heterocycles.